The van der Waals surface area contributed by atoms with E-state index in [0.717, 1.165) is 10.0 Å². The van der Waals surface area contributed by atoms with Crippen LogP contribution in [0.15, 0.2) is 58.1 Å². The molecule has 2 N–H and O–H groups in total. The van der Waals surface area contributed by atoms with Crippen molar-refractivity contribution in [2.75, 3.05) is 11.9 Å². The van der Waals surface area contributed by atoms with Crippen LogP contribution in [-0.4, -0.2) is 24.1 Å². The molecule has 2 rings (SSSR count). The molecule has 0 aromatic heterocycles. The molecule has 0 unspecified atom stereocenters. The van der Waals surface area contributed by atoms with E-state index in [4.69, 9.17) is 4.74 Å². The topological polar surface area (TPSA) is 79.8 Å². The van der Waals surface area contributed by atoms with Gasteiger partial charge in [-0.2, -0.15) is 5.10 Å². The maximum absolute atomic E-state index is 11.8. The Bertz CT molecular complexity index is 788. The predicted octanol–water partition coefficient (Wildman–Crippen LogP) is 3.33. The van der Waals surface area contributed by atoms with E-state index >= 15 is 0 Å². The van der Waals surface area contributed by atoms with Crippen molar-refractivity contribution in [1.29, 1.82) is 0 Å². The molecule has 2 aromatic rings. The van der Waals surface area contributed by atoms with Gasteiger partial charge in [-0.05, 0) is 52.7 Å². The highest BCUT2D eigenvalue weighted by Crippen LogP contribution is 2.23. The minimum atomic E-state index is -0.357. The summed E-state index contributed by atoms with van der Waals surface area (Å²) in [6.07, 6.45) is 0. The number of nitrogens with zero attached hydrogens (tertiary/aromatic N) is 1. The fourth-order valence-electron chi connectivity index (χ4n) is 1.95. The number of halogens is 1. The number of ether oxygens (including phenoxy) is 1. The molecule has 0 aliphatic carbocycles. The highest BCUT2D eigenvalue weighted by Gasteiger charge is 2.05. The second kappa shape index (κ2) is 8.98. The molecule has 6 nitrogen and oxygen atoms in total. The summed E-state index contributed by atoms with van der Waals surface area (Å²) in [5.41, 5.74) is 4.64. The summed E-state index contributed by atoms with van der Waals surface area (Å²) in [6, 6.07) is 14.5. The lowest BCUT2D eigenvalue weighted by Gasteiger charge is -2.07. The average molecular weight is 404 g/mol. The van der Waals surface area contributed by atoms with Crippen LogP contribution in [-0.2, 0) is 9.59 Å². The molecule has 0 aliphatic rings. The van der Waals surface area contributed by atoms with E-state index in [1.807, 2.05) is 30.3 Å². The second-order valence-corrected chi connectivity index (χ2v) is 6.06. The van der Waals surface area contributed by atoms with Gasteiger partial charge in [-0.15, -0.1) is 0 Å². The first-order chi connectivity index (χ1) is 12.0. The number of carbonyl (C=O) groups is 2. The van der Waals surface area contributed by atoms with Gasteiger partial charge < -0.3 is 10.1 Å². The first-order valence-corrected chi connectivity index (χ1v) is 8.33. The number of rotatable bonds is 6. The highest BCUT2D eigenvalue weighted by molar-refractivity contribution is 9.10. The van der Waals surface area contributed by atoms with Crippen LogP contribution in [0.3, 0.4) is 0 Å². The quantitative estimate of drug-likeness (QED) is 0.573. The van der Waals surface area contributed by atoms with Crippen LogP contribution < -0.4 is 15.5 Å². The van der Waals surface area contributed by atoms with E-state index in [0.29, 0.717) is 17.1 Å². The Balaban J connectivity index is 1.88. The van der Waals surface area contributed by atoms with Gasteiger partial charge >= 0.3 is 0 Å². The maximum Gasteiger partial charge on any atom is 0.277 e. The van der Waals surface area contributed by atoms with E-state index in [1.165, 1.54) is 6.92 Å². The van der Waals surface area contributed by atoms with Crippen molar-refractivity contribution in [2.45, 2.75) is 13.8 Å². The van der Waals surface area contributed by atoms with Crippen molar-refractivity contribution in [1.82, 2.24) is 5.43 Å². The fraction of sp³-hybridized carbons (Fsp3) is 0.167. The number of benzene rings is 2. The molecule has 7 heteroatoms. The predicted molar refractivity (Wildman–Crippen MR) is 101 cm³/mol. The molecule has 0 spiro atoms. The summed E-state index contributed by atoms with van der Waals surface area (Å²) >= 11 is 3.35. The van der Waals surface area contributed by atoms with Crippen LogP contribution in [0.25, 0.3) is 0 Å². The maximum atomic E-state index is 11.8. The summed E-state index contributed by atoms with van der Waals surface area (Å²) < 4.78 is 6.20. The monoisotopic (exact) mass is 403 g/mol. The molecule has 0 saturated heterocycles. The lowest BCUT2D eigenvalue weighted by Crippen LogP contribution is -2.25. The van der Waals surface area contributed by atoms with Crippen LogP contribution in [0.2, 0.25) is 0 Å². The Morgan fingerprint density at radius 2 is 1.76 bits per heavy atom. The molecule has 0 fully saturated rings. The SMILES string of the molecule is CC(=O)Nc1ccc(/C(C)=N/NC(=O)COc2ccccc2Br)cc1. The van der Waals surface area contributed by atoms with Crippen molar-refractivity contribution in [3.63, 3.8) is 0 Å². The van der Waals surface area contributed by atoms with Crippen molar-refractivity contribution in [3.8, 4) is 5.75 Å². The number of hydrogen-bond acceptors (Lipinski definition) is 4. The summed E-state index contributed by atoms with van der Waals surface area (Å²) in [7, 11) is 0. The number of para-hydroxylation sites is 1. The fourth-order valence-corrected chi connectivity index (χ4v) is 2.35. The largest absolute Gasteiger partial charge is 0.483 e. The Hall–Kier alpha value is -2.67. The Morgan fingerprint density at radius 1 is 1.08 bits per heavy atom. The molecule has 25 heavy (non-hydrogen) atoms. The zero-order valence-corrected chi connectivity index (χ0v) is 15.5. The first-order valence-electron chi connectivity index (χ1n) is 7.54. The van der Waals surface area contributed by atoms with E-state index in [9.17, 15) is 9.59 Å². The molecule has 2 aromatic carbocycles. The molecular weight excluding hydrogens is 386 g/mol. The van der Waals surface area contributed by atoms with Crippen LogP contribution in [0, 0.1) is 0 Å². The van der Waals surface area contributed by atoms with Crippen molar-refractivity contribution < 1.29 is 14.3 Å². The summed E-state index contributed by atoms with van der Waals surface area (Å²) in [5, 5.41) is 6.75. The van der Waals surface area contributed by atoms with Crippen LogP contribution in [0.4, 0.5) is 5.69 Å². The minimum absolute atomic E-state index is 0.129. The zero-order chi connectivity index (χ0) is 18.2. The van der Waals surface area contributed by atoms with Crippen LogP contribution >= 0.6 is 15.9 Å². The standard InChI is InChI=1S/C18H18BrN3O3/c1-12(14-7-9-15(10-8-14)20-13(2)23)21-22-18(24)11-25-17-6-4-3-5-16(17)19/h3-10H,11H2,1-2H3,(H,20,23)(H,22,24)/b21-12+. The molecule has 0 radical (unpaired) electrons. The number of carbonyl (C=O) groups excluding carboxylic acids is 2. The third-order valence-corrected chi connectivity index (χ3v) is 3.82. The number of hydrogen-bond donors (Lipinski definition) is 2. The summed E-state index contributed by atoms with van der Waals surface area (Å²) in [5.74, 6) is 0.104. The Kier molecular flexibility index (Phi) is 6.71. The average Bonchev–Trinajstić information content (AvgIpc) is 2.59. The molecule has 0 heterocycles. The van der Waals surface area contributed by atoms with Gasteiger partial charge in [0.1, 0.15) is 5.75 Å². The molecule has 0 saturated carbocycles. The molecule has 0 atom stereocenters. The molecule has 0 aliphatic heterocycles. The number of anilines is 1. The van der Waals surface area contributed by atoms with Gasteiger partial charge in [0.05, 0.1) is 10.2 Å². The molecular formula is C18H18BrN3O3. The van der Waals surface area contributed by atoms with Crippen molar-refractivity contribution in [3.05, 3.63) is 58.6 Å². The molecule has 0 bridgehead atoms. The Morgan fingerprint density at radius 3 is 2.40 bits per heavy atom. The van der Waals surface area contributed by atoms with Crippen LogP contribution in [0.1, 0.15) is 19.4 Å². The van der Waals surface area contributed by atoms with E-state index in [1.54, 1.807) is 25.1 Å². The van der Waals surface area contributed by atoms with Gasteiger partial charge in [0.15, 0.2) is 6.61 Å². The lowest BCUT2D eigenvalue weighted by atomic mass is 10.1. The van der Waals surface area contributed by atoms with Crippen LogP contribution in [0.5, 0.6) is 5.75 Å². The van der Waals surface area contributed by atoms with E-state index in [2.05, 4.69) is 31.8 Å². The highest BCUT2D eigenvalue weighted by atomic mass is 79.9. The lowest BCUT2D eigenvalue weighted by molar-refractivity contribution is -0.123. The second-order valence-electron chi connectivity index (χ2n) is 5.21. The molecule has 2 amide bonds. The molecule has 130 valence electrons. The number of hydrazone groups is 1. The summed E-state index contributed by atoms with van der Waals surface area (Å²) in [4.78, 5) is 22.8. The normalized spacial score (nSPS) is 10.9. The third-order valence-electron chi connectivity index (χ3n) is 3.17. The van der Waals surface area contributed by atoms with Crippen molar-refractivity contribution in [2.24, 2.45) is 5.10 Å². The minimum Gasteiger partial charge on any atom is -0.483 e. The number of nitrogens with one attached hydrogen (secondary N) is 2. The van der Waals surface area contributed by atoms with Gasteiger partial charge in [-0.3, -0.25) is 9.59 Å². The summed E-state index contributed by atoms with van der Waals surface area (Å²) in [6.45, 7) is 3.09. The van der Waals surface area contributed by atoms with Crippen molar-refractivity contribution >= 4 is 39.1 Å². The van der Waals surface area contributed by atoms with E-state index in [-0.39, 0.29) is 18.4 Å². The third kappa shape index (κ3) is 6.04. The zero-order valence-electron chi connectivity index (χ0n) is 13.9. The van der Waals surface area contributed by atoms with Gasteiger partial charge in [-0.1, -0.05) is 24.3 Å². The van der Waals surface area contributed by atoms with Gasteiger partial charge in [-0.25, -0.2) is 5.43 Å². The Labute approximate surface area is 154 Å². The van der Waals surface area contributed by atoms with Gasteiger partial charge in [0.25, 0.3) is 5.91 Å². The smallest absolute Gasteiger partial charge is 0.277 e. The van der Waals surface area contributed by atoms with Gasteiger partial charge in [0, 0.05) is 12.6 Å². The van der Waals surface area contributed by atoms with Gasteiger partial charge in [0.2, 0.25) is 5.91 Å². The van der Waals surface area contributed by atoms with E-state index < -0.39 is 0 Å². The first kappa shape index (κ1) is 18.7. The number of amides is 2.